The largest absolute Gasteiger partial charge is 0.466 e. The molecule has 0 aromatic carbocycles. The van der Waals surface area contributed by atoms with Gasteiger partial charge in [-0.05, 0) is 6.42 Å². The van der Waals surface area contributed by atoms with Crippen LogP contribution in [0.4, 0.5) is 0 Å². The van der Waals surface area contributed by atoms with E-state index in [-0.39, 0.29) is 24.6 Å². The maximum absolute atomic E-state index is 11.6. The van der Waals surface area contributed by atoms with Gasteiger partial charge in [-0.15, -0.1) is 0 Å². The molecule has 0 amide bonds. The van der Waals surface area contributed by atoms with Crippen molar-refractivity contribution in [3.63, 3.8) is 0 Å². The third kappa shape index (κ3) is 3.84. The van der Waals surface area contributed by atoms with E-state index in [0.29, 0.717) is 12.2 Å². The maximum atomic E-state index is 11.6. The Balaban J connectivity index is 2.33. The van der Waals surface area contributed by atoms with Gasteiger partial charge in [0.25, 0.3) is 0 Å². The van der Waals surface area contributed by atoms with Gasteiger partial charge in [0.05, 0.1) is 24.8 Å². The van der Waals surface area contributed by atoms with Crippen LogP contribution in [0, 0.1) is 0 Å². The molecule has 1 aromatic rings. The number of rotatable bonds is 6. The van der Waals surface area contributed by atoms with Crippen LogP contribution in [0.3, 0.4) is 0 Å². The van der Waals surface area contributed by atoms with Crippen molar-refractivity contribution in [2.75, 3.05) is 6.61 Å². The summed E-state index contributed by atoms with van der Waals surface area (Å²) in [6.07, 6.45) is 4.24. The van der Waals surface area contributed by atoms with Crippen LogP contribution in [-0.4, -0.2) is 28.1 Å². The van der Waals surface area contributed by atoms with Crippen LogP contribution in [0.2, 0.25) is 0 Å². The van der Waals surface area contributed by atoms with E-state index in [1.807, 2.05) is 6.92 Å². The van der Waals surface area contributed by atoms with Gasteiger partial charge in [0, 0.05) is 19.7 Å². The molecule has 0 radical (unpaired) electrons. The minimum Gasteiger partial charge on any atom is -0.466 e. The molecule has 1 rings (SSSR count). The molecule has 0 N–H and O–H groups in total. The second-order valence-electron chi connectivity index (χ2n) is 3.55. The average molecular weight is 224 g/mol. The number of aryl methyl sites for hydroxylation is 1. The standard InChI is InChI=1S/C11H16N2O3/c1-3-6-16-11(15)5-4-10(14)9-7-12-13(2)8-9/h7-8H,3-6H2,1-2H3. The van der Waals surface area contributed by atoms with E-state index in [4.69, 9.17) is 4.74 Å². The minimum atomic E-state index is -0.320. The van der Waals surface area contributed by atoms with Gasteiger partial charge in [-0.25, -0.2) is 0 Å². The van der Waals surface area contributed by atoms with Gasteiger partial charge in [-0.3, -0.25) is 14.3 Å². The molecule has 0 atom stereocenters. The number of esters is 1. The molecule has 0 unspecified atom stereocenters. The summed E-state index contributed by atoms with van der Waals surface area (Å²) in [6.45, 7) is 2.34. The van der Waals surface area contributed by atoms with Crippen molar-refractivity contribution >= 4 is 11.8 Å². The van der Waals surface area contributed by atoms with E-state index in [1.54, 1.807) is 17.9 Å². The fourth-order valence-electron chi connectivity index (χ4n) is 1.21. The Bertz CT molecular complexity index is 371. The van der Waals surface area contributed by atoms with E-state index >= 15 is 0 Å². The fraction of sp³-hybridized carbons (Fsp3) is 0.545. The zero-order chi connectivity index (χ0) is 12.0. The Morgan fingerprint density at radius 1 is 1.44 bits per heavy atom. The highest BCUT2D eigenvalue weighted by atomic mass is 16.5. The molecule has 0 saturated carbocycles. The van der Waals surface area contributed by atoms with Crippen LogP contribution in [0.25, 0.3) is 0 Å². The molecule has 1 aromatic heterocycles. The topological polar surface area (TPSA) is 61.2 Å². The maximum Gasteiger partial charge on any atom is 0.306 e. The number of ketones is 1. The number of Topliss-reactive ketones (excluding diaryl/α,β-unsaturated/α-hetero) is 1. The first-order valence-corrected chi connectivity index (χ1v) is 5.31. The van der Waals surface area contributed by atoms with Gasteiger partial charge in [0.1, 0.15) is 0 Å². The van der Waals surface area contributed by atoms with Crippen LogP contribution >= 0.6 is 0 Å². The van der Waals surface area contributed by atoms with Crippen molar-refractivity contribution in [1.29, 1.82) is 0 Å². The van der Waals surface area contributed by atoms with Crippen molar-refractivity contribution in [3.8, 4) is 0 Å². The summed E-state index contributed by atoms with van der Waals surface area (Å²) in [5.74, 6) is -0.402. The first kappa shape index (κ1) is 12.4. The normalized spacial score (nSPS) is 10.1. The van der Waals surface area contributed by atoms with Crippen molar-refractivity contribution in [3.05, 3.63) is 18.0 Å². The number of carbonyl (C=O) groups excluding carboxylic acids is 2. The van der Waals surface area contributed by atoms with Gasteiger partial charge in [-0.2, -0.15) is 5.10 Å². The Hall–Kier alpha value is -1.65. The number of ether oxygens (including phenoxy) is 1. The third-order valence-electron chi connectivity index (χ3n) is 2.05. The molecule has 0 aliphatic rings. The van der Waals surface area contributed by atoms with Gasteiger partial charge in [0.2, 0.25) is 0 Å². The molecule has 5 heteroatoms. The Labute approximate surface area is 94.4 Å². The molecule has 0 aliphatic carbocycles. The Morgan fingerprint density at radius 3 is 2.75 bits per heavy atom. The van der Waals surface area contributed by atoms with Crippen LogP contribution in [0.1, 0.15) is 36.5 Å². The van der Waals surface area contributed by atoms with E-state index in [2.05, 4.69) is 5.10 Å². The molecule has 0 spiro atoms. The van der Waals surface area contributed by atoms with E-state index in [1.165, 1.54) is 6.20 Å². The van der Waals surface area contributed by atoms with Gasteiger partial charge in [0.15, 0.2) is 5.78 Å². The minimum absolute atomic E-state index is 0.0819. The summed E-state index contributed by atoms with van der Waals surface area (Å²) in [6, 6.07) is 0. The van der Waals surface area contributed by atoms with E-state index < -0.39 is 0 Å². The highest BCUT2D eigenvalue weighted by Crippen LogP contribution is 2.04. The van der Waals surface area contributed by atoms with Crippen LogP contribution in [0.15, 0.2) is 12.4 Å². The summed E-state index contributed by atoms with van der Waals surface area (Å²) >= 11 is 0. The molecule has 0 fully saturated rings. The van der Waals surface area contributed by atoms with Crippen LogP contribution in [0.5, 0.6) is 0 Å². The second kappa shape index (κ2) is 6.05. The number of hydrogen-bond acceptors (Lipinski definition) is 4. The van der Waals surface area contributed by atoms with Crippen molar-refractivity contribution < 1.29 is 14.3 Å². The number of nitrogens with zero attached hydrogens (tertiary/aromatic N) is 2. The lowest BCUT2D eigenvalue weighted by molar-refractivity contribution is -0.143. The molecule has 0 bridgehead atoms. The van der Waals surface area contributed by atoms with E-state index in [9.17, 15) is 9.59 Å². The molecule has 0 aliphatic heterocycles. The summed E-state index contributed by atoms with van der Waals surface area (Å²) in [4.78, 5) is 22.7. The average Bonchev–Trinajstić information content (AvgIpc) is 2.69. The molecule has 1 heterocycles. The lowest BCUT2D eigenvalue weighted by atomic mass is 10.1. The SMILES string of the molecule is CCCOC(=O)CCC(=O)c1cnn(C)c1. The number of hydrogen-bond donors (Lipinski definition) is 0. The number of aromatic nitrogens is 2. The second-order valence-corrected chi connectivity index (χ2v) is 3.55. The molecule has 0 saturated heterocycles. The summed E-state index contributed by atoms with van der Waals surface area (Å²) in [5.41, 5.74) is 0.533. The summed E-state index contributed by atoms with van der Waals surface area (Å²) < 4.78 is 6.43. The molecule has 88 valence electrons. The highest BCUT2D eigenvalue weighted by Gasteiger charge is 2.11. The van der Waals surface area contributed by atoms with Crippen LogP contribution < -0.4 is 0 Å². The van der Waals surface area contributed by atoms with Gasteiger partial charge in [-0.1, -0.05) is 6.92 Å². The molecular formula is C11H16N2O3. The van der Waals surface area contributed by atoms with Gasteiger partial charge >= 0.3 is 5.97 Å². The van der Waals surface area contributed by atoms with Crippen molar-refractivity contribution in [1.82, 2.24) is 9.78 Å². The first-order chi connectivity index (χ1) is 7.63. The predicted octanol–water partition coefficient (Wildman–Crippen LogP) is 1.34. The van der Waals surface area contributed by atoms with Crippen molar-refractivity contribution in [2.45, 2.75) is 26.2 Å². The Kier molecular flexibility index (Phi) is 4.69. The predicted molar refractivity (Wildman–Crippen MR) is 58.0 cm³/mol. The van der Waals surface area contributed by atoms with Gasteiger partial charge < -0.3 is 4.74 Å². The van der Waals surface area contributed by atoms with Crippen molar-refractivity contribution in [2.24, 2.45) is 7.05 Å². The first-order valence-electron chi connectivity index (χ1n) is 5.31. The highest BCUT2D eigenvalue weighted by molar-refractivity contribution is 5.97. The third-order valence-corrected chi connectivity index (χ3v) is 2.05. The lowest BCUT2D eigenvalue weighted by Gasteiger charge is -2.01. The number of carbonyl (C=O) groups is 2. The smallest absolute Gasteiger partial charge is 0.306 e. The lowest BCUT2D eigenvalue weighted by Crippen LogP contribution is -2.08. The monoisotopic (exact) mass is 224 g/mol. The summed E-state index contributed by atoms with van der Waals surface area (Å²) in [7, 11) is 1.74. The summed E-state index contributed by atoms with van der Waals surface area (Å²) in [5, 5.41) is 3.89. The Morgan fingerprint density at radius 2 is 2.19 bits per heavy atom. The fourth-order valence-corrected chi connectivity index (χ4v) is 1.21. The van der Waals surface area contributed by atoms with E-state index in [0.717, 1.165) is 6.42 Å². The quantitative estimate of drug-likeness (QED) is 0.540. The molecular weight excluding hydrogens is 208 g/mol. The van der Waals surface area contributed by atoms with Crippen LogP contribution in [-0.2, 0) is 16.6 Å². The molecule has 16 heavy (non-hydrogen) atoms. The zero-order valence-corrected chi connectivity index (χ0v) is 9.60. The molecule has 5 nitrogen and oxygen atoms in total. The zero-order valence-electron chi connectivity index (χ0n) is 9.60.